The minimum Gasteiger partial charge on any atom is -0.481 e. The van der Waals surface area contributed by atoms with Crippen molar-refractivity contribution < 1.29 is 14.7 Å². The molecule has 104 valence electrons. The fourth-order valence-corrected chi connectivity index (χ4v) is 2.31. The normalized spacial score (nSPS) is 10.2. The van der Waals surface area contributed by atoms with Gasteiger partial charge in [-0.3, -0.25) is 9.59 Å². The number of anilines is 1. The third kappa shape index (κ3) is 5.79. The molecule has 0 heterocycles. The molecule has 0 fully saturated rings. The zero-order valence-corrected chi connectivity index (χ0v) is 12.0. The molecule has 1 aromatic carbocycles. The first-order valence-corrected chi connectivity index (χ1v) is 7.32. The van der Waals surface area contributed by atoms with Crippen LogP contribution in [0.1, 0.15) is 24.0 Å². The molecule has 0 unspecified atom stereocenters. The Bertz CT molecular complexity index is 460. The predicted octanol–water partition coefficient (Wildman–Crippen LogP) is 2.84. The van der Waals surface area contributed by atoms with Crippen LogP contribution in [0.4, 0.5) is 5.69 Å². The van der Waals surface area contributed by atoms with Gasteiger partial charge < -0.3 is 10.4 Å². The third-order valence-electron chi connectivity index (χ3n) is 2.79. The summed E-state index contributed by atoms with van der Waals surface area (Å²) in [5.41, 5.74) is 3.06. The Kier molecular flexibility index (Phi) is 6.42. The Morgan fingerprint density at radius 1 is 1.32 bits per heavy atom. The van der Waals surface area contributed by atoms with Crippen molar-refractivity contribution in [1.82, 2.24) is 0 Å². The number of carboxylic acid groups (broad SMARTS) is 1. The van der Waals surface area contributed by atoms with E-state index in [2.05, 4.69) is 5.32 Å². The molecule has 0 aliphatic carbocycles. The molecular weight excluding hydrogens is 262 g/mol. The highest BCUT2D eigenvalue weighted by Crippen LogP contribution is 2.18. The Morgan fingerprint density at radius 3 is 2.74 bits per heavy atom. The lowest BCUT2D eigenvalue weighted by molar-refractivity contribution is -0.137. The lowest BCUT2D eigenvalue weighted by Gasteiger charge is -2.10. The molecule has 1 amide bonds. The average Bonchev–Trinajstić information content (AvgIpc) is 2.34. The van der Waals surface area contributed by atoms with Gasteiger partial charge in [0.25, 0.3) is 0 Å². The van der Waals surface area contributed by atoms with Gasteiger partial charge in [-0.05, 0) is 43.2 Å². The number of amides is 1. The summed E-state index contributed by atoms with van der Waals surface area (Å²) in [6.07, 6.45) is 0.752. The number of carboxylic acids is 1. The molecule has 1 aromatic rings. The number of carbonyl (C=O) groups is 2. The maximum atomic E-state index is 11.7. The van der Waals surface area contributed by atoms with Gasteiger partial charge >= 0.3 is 5.97 Å². The summed E-state index contributed by atoms with van der Waals surface area (Å²) < 4.78 is 0. The van der Waals surface area contributed by atoms with Gasteiger partial charge in [0.2, 0.25) is 5.91 Å². The van der Waals surface area contributed by atoms with Gasteiger partial charge in [0, 0.05) is 12.1 Å². The van der Waals surface area contributed by atoms with E-state index in [9.17, 15) is 9.59 Å². The maximum absolute atomic E-state index is 11.7. The van der Waals surface area contributed by atoms with Crippen molar-refractivity contribution in [3.8, 4) is 0 Å². The molecule has 0 atom stereocenters. The van der Waals surface area contributed by atoms with Crippen LogP contribution < -0.4 is 5.32 Å². The SMILES string of the molecule is Cc1cccc(NC(=O)CSCCCC(=O)O)c1C. The van der Waals surface area contributed by atoms with Crippen LogP contribution in [0.3, 0.4) is 0 Å². The highest BCUT2D eigenvalue weighted by atomic mass is 32.2. The number of aryl methyl sites for hydroxylation is 1. The highest BCUT2D eigenvalue weighted by molar-refractivity contribution is 7.99. The second kappa shape index (κ2) is 7.84. The van der Waals surface area contributed by atoms with Crippen molar-refractivity contribution in [3.05, 3.63) is 29.3 Å². The summed E-state index contributed by atoms with van der Waals surface area (Å²) in [5.74, 6) is 0.203. The smallest absolute Gasteiger partial charge is 0.303 e. The van der Waals surface area contributed by atoms with Gasteiger partial charge in [0.1, 0.15) is 0 Å². The van der Waals surface area contributed by atoms with Crippen LogP contribution in [0.25, 0.3) is 0 Å². The molecule has 0 aliphatic heterocycles. The average molecular weight is 281 g/mol. The van der Waals surface area contributed by atoms with Crippen molar-refractivity contribution >= 4 is 29.3 Å². The number of thioether (sulfide) groups is 1. The fraction of sp³-hybridized carbons (Fsp3) is 0.429. The minimum absolute atomic E-state index is 0.0472. The van der Waals surface area contributed by atoms with Crippen LogP contribution in [-0.2, 0) is 9.59 Å². The molecule has 1 rings (SSSR count). The molecule has 0 radical (unpaired) electrons. The summed E-state index contributed by atoms with van der Waals surface area (Å²) >= 11 is 1.46. The quantitative estimate of drug-likeness (QED) is 0.754. The molecule has 4 nitrogen and oxygen atoms in total. The van der Waals surface area contributed by atoms with E-state index in [-0.39, 0.29) is 12.3 Å². The first kappa shape index (κ1) is 15.6. The van der Waals surface area contributed by atoms with Crippen molar-refractivity contribution in [2.75, 3.05) is 16.8 Å². The van der Waals surface area contributed by atoms with Crippen molar-refractivity contribution in [2.24, 2.45) is 0 Å². The van der Waals surface area contributed by atoms with Crippen LogP contribution >= 0.6 is 11.8 Å². The topological polar surface area (TPSA) is 66.4 Å². The molecule has 0 saturated carbocycles. The maximum Gasteiger partial charge on any atom is 0.303 e. The molecule has 0 spiro atoms. The van der Waals surface area contributed by atoms with E-state index in [4.69, 9.17) is 5.11 Å². The predicted molar refractivity (Wildman–Crippen MR) is 78.7 cm³/mol. The lowest BCUT2D eigenvalue weighted by atomic mass is 10.1. The highest BCUT2D eigenvalue weighted by Gasteiger charge is 2.06. The van der Waals surface area contributed by atoms with Gasteiger partial charge in [0.05, 0.1) is 5.75 Å². The Hall–Kier alpha value is -1.49. The molecule has 0 aromatic heterocycles. The van der Waals surface area contributed by atoms with Gasteiger partial charge in [-0.15, -0.1) is 0 Å². The van der Waals surface area contributed by atoms with E-state index in [0.29, 0.717) is 17.9 Å². The molecule has 0 bridgehead atoms. The minimum atomic E-state index is -0.791. The third-order valence-corrected chi connectivity index (χ3v) is 3.83. The van der Waals surface area contributed by atoms with Gasteiger partial charge in [-0.2, -0.15) is 11.8 Å². The second-order valence-electron chi connectivity index (χ2n) is 4.35. The first-order valence-electron chi connectivity index (χ1n) is 6.16. The fourth-order valence-electron chi connectivity index (χ4n) is 1.56. The van der Waals surface area contributed by atoms with Crippen LogP contribution in [0, 0.1) is 13.8 Å². The largest absolute Gasteiger partial charge is 0.481 e. The number of aliphatic carboxylic acids is 1. The van der Waals surface area contributed by atoms with Crippen molar-refractivity contribution in [2.45, 2.75) is 26.7 Å². The molecule has 0 saturated heterocycles. The van der Waals surface area contributed by atoms with Crippen LogP contribution in [0.15, 0.2) is 18.2 Å². The zero-order valence-electron chi connectivity index (χ0n) is 11.2. The van der Waals surface area contributed by atoms with Crippen LogP contribution in [0.2, 0.25) is 0 Å². The number of nitrogens with one attached hydrogen (secondary N) is 1. The number of hydrogen-bond acceptors (Lipinski definition) is 3. The van der Waals surface area contributed by atoms with Crippen LogP contribution in [-0.4, -0.2) is 28.5 Å². The molecule has 19 heavy (non-hydrogen) atoms. The summed E-state index contributed by atoms with van der Waals surface area (Å²) in [4.78, 5) is 22.0. The number of rotatable bonds is 7. The van der Waals surface area contributed by atoms with E-state index in [1.807, 2.05) is 32.0 Å². The van der Waals surface area contributed by atoms with E-state index in [1.165, 1.54) is 11.8 Å². The number of carbonyl (C=O) groups excluding carboxylic acids is 1. The summed E-state index contributed by atoms with van der Waals surface area (Å²) in [7, 11) is 0. The van der Waals surface area contributed by atoms with E-state index < -0.39 is 5.97 Å². The lowest BCUT2D eigenvalue weighted by Crippen LogP contribution is -2.15. The standard InChI is InChI=1S/C14H19NO3S/c1-10-5-3-6-12(11(10)2)15-13(16)9-19-8-4-7-14(17)18/h3,5-6H,4,7-9H2,1-2H3,(H,15,16)(H,17,18). The zero-order chi connectivity index (χ0) is 14.3. The summed E-state index contributed by atoms with van der Waals surface area (Å²) in [6, 6.07) is 5.80. The Labute approximate surface area is 117 Å². The molecular formula is C14H19NO3S. The second-order valence-corrected chi connectivity index (χ2v) is 5.45. The summed E-state index contributed by atoms with van der Waals surface area (Å²) in [5, 5.41) is 11.4. The van der Waals surface area contributed by atoms with Gasteiger partial charge in [0.15, 0.2) is 0 Å². The monoisotopic (exact) mass is 281 g/mol. The van der Waals surface area contributed by atoms with E-state index in [1.54, 1.807) is 0 Å². The summed E-state index contributed by atoms with van der Waals surface area (Å²) in [6.45, 7) is 3.98. The number of benzene rings is 1. The first-order chi connectivity index (χ1) is 9.00. The number of hydrogen-bond donors (Lipinski definition) is 2. The van der Waals surface area contributed by atoms with Crippen molar-refractivity contribution in [3.63, 3.8) is 0 Å². The Balaban J connectivity index is 2.31. The molecule has 5 heteroatoms. The Morgan fingerprint density at radius 2 is 2.05 bits per heavy atom. The van der Waals surface area contributed by atoms with E-state index >= 15 is 0 Å². The molecule has 2 N–H and O–H groups in total. The molecule has 0 aliphatic rings. The van der Waals surface area contributed by atoms with Gasteiger partial charge in [-0.1, -0.05) is 12.1 Å². The van der Waals surface area contributed by atoms with Crippen molar-refractivity contribution in [1.29, 1.82) is 0 Å². The van der Waals surface area contributed by atoms with Crippen LogP contribution in [0.5, 0.6) is 0 Å². The van der Waals surface area contributed by atoms with Gasteiger partial charge in [-0.25, -0.2) is 0 Å². The van der Waals surface area contributed by atoms with E-state index in [0.717, 1.165) is 16.8 Å².